The summed E-state index contributed by atoms with van der Waals surface area (Å²) >= 11 is 5.59. The summed E-state index contributed by atoms with van der Waals surface area (Å²) in [6.07, 6.45) is 2.69. The molecule has 0 heterocycles. The standard InChI is InChI=1S/C14H19ClN2O3/c1-11-6-7-13(17(19)20)12(10-11)14(18)16(2)9-5-3-4-8-15/h6-7,10H,3-5,8-9H2,1-2H3. The quantitative estimate of drug-likeness (QED) is 0.335. The molecule has 1 amide bonds. The lowest BCUT2D eigenvalue weighted by atomic mass is 10.1. The Kier molecular flexibility index (Phi) is 6.45. The number of alkyl halides is 1. The Balaban J connectivity index is 2.80. The molecule has 0 aliphatic rings. The number of hydrogen-bond donors (Lipinski definition) is 0. The third-order valence-corrected chi connectivity index (χ3v) is 3.32. The monoisotopic (exact) mass is 298 g/mol. The lowest BCUT2D eigenvalue weighted by Gasteiger charge is -2.17. The summed E-state index contributed by atoms with van der Waals surface area (Å²) in [4.78, 5) is 24.3. The predicted molar refractivity (Wildman–Crippen MR) is 79.4 cm³/mol. The lowest BCUT2D eigenvalue weighted by Crippen LogP contribution is -2.28. The third kappa shape index (κ3) is 4.49. The molecule has 0 aliphatic heterocycles. The molecule has 0 spiro atoms. The van der Waals surface area contributed by atoms with Crippen LogP contribution >= 0.6 is 11.6 Å². The van der Waals surface area contributed by atoms with Crippen LogP contribution < -0.4 is 0 Å². The van der Waals surface area contributed by atoms with Crippen molar-refractivity contribution in [3.05, 3.63) is 39.4 Å². The number of halogens is 1. The number of aryl methyl sites for hydroxylation is 1. The van der Waals surface area contributed by atoms with E-state index < -0.39 is 4.92 Å². The van der Waals surface area contributed by atoms with E-state index in [1.54, 1.807) is 26.1 Å². The Morgan fingerprint density at radius 3 is 2.65 bits per heavy atom. The van der Waals surface area contributed by atoms with Crippen LogP contribution in [0.4, 0.5) is 5.69 Å². The number of carbonyl (C=O) groups excluding carboxylic acids is 1. The zero-order chi connectivity index (χ0) is 15.1. The van der Waals surface area contributed by atoms with E-state index >= 15 is 0 Å². The van der Waals surface area contributed by atoms with Crippen LogP contribution in [0.2, 0.25) is 0 Å². The van der Waals surface area contributed by atoms with Gasteiger partial charge in [0.05, 0.1) is 4.92 Å². The third-order valence-electron chi connectivity index (χ3n) is 3.05. The van der Waals surface area contributed by atoms with Crippen molar-refractivity contribution in [1.29, 1.82) is 0 Å². The maximum absolute atomic E-state index is 12.3. The highest BCUT2D eigenvalue weighted by Gasteiger charge is 2.22. The van der Waals surface area contributed by atoms with Gasteiger partial charge in [-0.3, -0.25) is 14.9 Å². The van der Waals surface area contributed by atoms with Gasteiger partial charge < -0.3 is 4.90 Å². The Labute approximate surface area is 123 Å². The molecule has 0 fully saturated rings. The van der Waals surface area contributed by atoms with Crippen LogP contribution in [0.3, 0.4) is 0 Å². The maximum Gasteiger partial charge on any atom is 0.282 e. The topological polar surface area (TPSA) is 63.5 Å². The van der Waals surface area contributed by atoms with Gasteiger partial charge in [-0.15, -0.1) is 11.6 Å². The van der Waals surface area contributed by atoms with Crippen molar-refractivity contribution < 1.29 is 9.72 Å². The van der Waals surface area contributed by atoms with Gasteiger partial charge in [0, 0.05) is 25.5 Å². The first kappa shape index (κ1) is 16.4. The second kappa shape index (κ2) is 7.85. The van der Waals surface area contributed by atoms with Crippen molar-refractivity contribution in [2.24, 2.45) is 0 Å². The van der Waals surface area contributed by atoms with Crippen LogP contribution in [0.15, 0.2) is 18.2 Å². The van der Waals surface area contributed by atoms with Gasteiger partial charge in [0.2, 0.25) is 0 Å². The SMILES string of the molecule is Cc1ccc([N+](=O)[O-])c(C(=O)N(C)CCCCCCl)c1. The van der Waals surface area contributed by atoms with Crippen LogP contribution in [-0.4, -0.2) is 35.2 Å². The van der Waals surface area contributed by atoms with E-state index in [9.17, 15) is 14.9 Å². The first-order chi connectivity index (χ1) is 9.47. The van der Waals surface area contributed by atoms with Crippen molar-refractivity contribution >= 4 is 23.2 Å². The molecule has 0 N–H and O–H groups in total. The van der Waals surface area contributed by atoms with Gasteiger partial charge in [-0.25, -0.2) is 0 Å². The molecule has 5 nitrogen and oxygen atoms in total. The van der Waals surface area contributed by atoms with Crippen LogP contribution in [-0.2, 0) is 0 Å². The molecule has 20 heavy (non-hydrogen) atoms. The number of benzene rings is 1. The first-order valence-electron chi connectivity index (χ1n) is 6.54. The van der Waals surface area contributed by atoms with Crippen molar-refractivity contribution in [2.75, 3.05) is 19.5 Å². The minimum absolute atomic E-state index is 0.145. The van der Waals surface area contributed by atoms with E-state index in [0.717, 1.165) is 24.8 Å². The average Bonchev–Trinajstić information content (AvgIpc) is 2.42. The predicted octanol–water partition coefficient (Wildman–Crippen LogP) is 3.38. The number of unbranched alkanes of at least 4 members (excludes halogenated alkanes) is 2. The fraction of sp³-hybridized carbons (Fsp3) is 0.500. The van der Waals surface area contributed by atoms with E-state index in [1.807, 2.05) is 0 Å². The van der Waals surface area contributed by atoms with Gasteiger partial charge in [-0.1, -0.05) is 12.5 Å². The molecule has 1 rings (SSSR count). The molecule has 0 unspecified atom stereocenters. The summed E-state index contributed by atoms with van der Waals surface area (Å²) in [5, 5.41) is 11.0. The Hall–Kier alpha value is -1.62. The molecule has 0 bridgehead atoms. The molecule has 0 aliphatic carbocycles. The average molecular weight is 299 g/mol. The lowest BCUT2D eigenvalue weighted by molar-refractivity contribution is -0.385. The molecule has 0 aromatic heterocycles. The fourth-order valence-electron chi connectivity index (χ4n) is 1.91. The molecule has 1 aromatic carbocycles. The zero-order valence-electron chi connectivity index (χ0n) is 11.8. The van der Waals surface area contributed by atoms with Crippen LogP contribution in [0.25, 0.3) is 0 Å². The largest absolute Gasteiger partial charge is 0.341 e. The summed E-state index contributed by atoms with van der Waals surface area (Å²) in [5.74, 6) is 0.298. The highest BCUT2D eigenvalue weighted by atomic mass is 35.5. The zero-order valence-corrected chi connectivity index (χ0v) is 12.5. The Bertz CT molecular complexity index is 491. The number of rotatable bonds is 7. The second-order valence-corrected chi connectivity index (χ2v) is 5.13. The first-order valence-corrected chi connectivity index (χ1v) is 7.07. The van der Waals surface area contributed by atoms with Gasteiger partial charge >= 0.3 is 0 Å². The summed E-state index contributed by atoms with van der Waals surface area (Å²) in [7, 11) is 1.66. The van der Waals surface area contributed by atoms with E-state index in [1.165, 1.54) is 11.0 Å². The molecule has 0 atom stereocenters. The summed E-state index contributed by atoms with van der Waals surface area (Å²) in [6, 6.07) is 4.58. The van der Waals surface area contributed by atoms with Crippen LogP contribution in [0.1, 0.15) is 35.2 Å². The number of carbonyl (C=O) groups is 1. The molecule has 1 aromatic rings. The highest BCUT2D eigenvalue weighted by molar-refractivity contribution is 6.17. The van der Waals surface area contributed by atoms with Gasteiger partial charge in [0.25, 0.3) is 11.6 Å². The highest BCUT2D eigenvalue weighted by Crippen LogP contribution is 2.21. The smallest absolute Gasteiger partial charge is 0.282 e. The van der Waals surface area contributed by atoms with E-state index in [4.69, 9.17) is 11.6 Å². The number of nitro benzene ring substituents is 1. The minimum atomic E-state index is -0.520. The molecular weight excluding hydrogens is 280 g/mol. The number of amides is 1. The molecule has 0 saturated carbocycles. The summed E-state index contributed by atoms with van der Waals surface area (Å²) in [6.45, 7) is 2.38. The fourth-order valence-corrected chi connectivity index (χ4v) is 2.10. The summed E-state index contributed by atoms with van der Waals surface area (Å²) in [5.41, 5.74) is 0.831. The number of nitrogens with zero attached hydrogens (tertiary/aromatic N) is 2. The molecule has 0 saturated heterocycles. The van der Waals surface area contributed by atoms with E-state index in [2.05, 4.69) is 0 Å². The molecular formula is C14H19ClN2O3. The number of nitro groups is 1. The van der Waals surface area contributed by atoms with E-state index in [0.29, 0.717) is 12.4 Å². The maximum atomic E-state index is 12.3. The molecule has 0 radical (unpaired) electrons. The van der Waals surface area contributed by atoms with Gasteiger partial charge in [-0.2, -0.15) is 0 Å². The van der Waals surface area contributed by atoms with Crippen molar-refractivity contribution in [2.45, 2.75) is 26.2 Å². The van der Waals surface area contributed by atoms with Gasteiger partial charge in [0.1, 0.15) is 5.56 Å². The van der Waals surface area contributed by atoms with Gasteiger partial charge in [-0.05, 0) is 31.4 Å². The minimum Gasteiger partial charge on any atom is -0.341 e. The molecule has 110 valence electrons. The number of hydrogen-bond acceptors (Lipinski definition) is 3. The van der Waals surface area contributed by atoms with Crippen molar-refractivity contribution in [1.82, 2.24) is 4.90 Å². The van der Waals surface area contributed by atoms with Crippen LogP contribution in [0, 0.1) is 17.0 Å². The second-order valence-electron chi connectivity index (χ2n) is 4.75. The summed E-state index contributed by atoms with van der Waals surface area (Å²) < 4.78 is 0. The Morgan fingerprint density at radius 2 is 2.05 bits per heavy atom. The van der Waals surface area contributed by atoms with Crippen LogP contribution in [0.5, 0.6) is 0 Å². The normalized spacial score (nSPS) is 10.3. The van der Waals surface area contributed by atoms with Crippen molar-refractivity contribution in [3.8, 4) is 0 Å². The van der Waals surface area contributed by atoms with E-state index in [-0.39, 0.29) is 17.2 Å². The van der Waals surface area contributed by atoms with Gasteiger partial charge in [0.15, 0.2) is 0 Å². The molecule has 6 heteroatoms. The Morgan fingerprint density at radius 1 is 1.35 bits per heavy atom. The van der Waals surface area contributed by atoms with Crippen molar-refractivity contribution in [3.63, 3.8) is 0 Å².